The second-order valence-electron chi connectivity index (χ2n) is 4.79. The van der Waals surface area contributed by atoms with E-state index in [9.17, 15) is 0 Å². The topological polar surface area (TPSA) is 47.0 Å². The lowest BCUT2D eigenvalue weighted by Gasteiger charge is -2.11. The minimum atomic E-state index is 0.615. The van der Waals surface area contributed by atoms with Gasteiger partial charge in [0.25, 0.3) is 0 Å². The fraction of sp³-hybridized carbons (Fsp3) is 0.375. The van der Waals surface area contributed by atoms with Gasteiger partial charge in [-0.15, -0.1) is 0 Å². The summed E-state index contributed by atoms with van der Waals surface area (Å²) < 4.78 is 6.08. The quantitative estimate of drug-likeness (QED) is 0.854. The average molecular weight is 350 g/mol. The molecular formula is C16H20BrN3O. The molecule has 1 heterocycles. The van der Waals surface area contributed by atoms with E-state index >= 15 is 0 Å². The van der Waals surface area contributed by atoms with E-state index in [1.807, 2.05) is 31.3 Å². The van der Waals surface area contributed by atoms with Gasteiger partial charge in [-0.2, -0.15) is 0 Å². The SMILES string of the molecule is CCCc1nc(-c2ccc(COC)cc2)nc(NC)c1Br. The average Bonchev–Trinajstić information content (AvgIpc) is 2.51. The normalized spacial score (nSPS) is 10.7. The molecule has 0 saturated carbocycles. The third-order valence-electron chi connectivity index (χ3n) is 3.17. The predicted molar refractivity (Wildman–Crippen MR) is 89.4 cm³/mol. The van der Waals surface area contributed by atoms with Crippen molar-refractivity contribution in [2.45, 2.75) is 26.4 Å². The molecule has 2 rings (SSSR count). The second-order valence-corrected chi connectivity index (χ2v) is 5.58. The first kappa shape index (κ1) is 15.9. The zero-order chi connectivity index (χ0) is 15.2. The maximum Gasteiger partial charge on any atom is 0.161 e. The minimum Gasteiger partial charge on any atom is -0.380 e. The van der Waals surface area contributed by atoms with Gasteiger partial charge >= 0.3 is 0 Å². The second kappa shape index (κ2) is 7.52. The first-order chi connectivity index (χ1) is 10.2. The van der Waals surface area contributed by atoms with E-state index in [-0.39, 0.29) is 0 Å². The van der Waals surface area contributed by atoms with E-state index in [1.165, 1.54) is 0 Å². The molecule has 21 heavy (non-hydrogen) atoms. The standard InChI is InChI=1S/C16H20BrN3O/c1-4-5-13-14(17)16(18-2)20-15(19-13)12-8-6-11(7-9-12)10-21-3/h6-9H,4-5,10H2,1-3H3,(H,18,19,20). The third-order valence-corrected chi connectivity index (χ3v) is 4.00. The van der Waals surface area contributed by atoms with E-state index in [1.54, 1.807) is 7.11 Å². The summed E-state index contributed by atoms with van der Waals surface area (Å²) in [5, 5.41) is 3.12. The predicted octanol–water partition coefficient (Wildman–Crippen LogP) is 4.05. The molecule has 0 spiro atoms. The van der Waals surface area contributed by atoms with Crippen molar-refractivity contribution in [3.8, 4) is 11.4 Å². The molecule has 1 N–H and O–H groups in total. The van der Waals surface area contributed by atoms with Crippen molar-refractivity contribution in [3.05, 3.63) is 40.0 Å². The van der Waals surface area contributed by atoms with Crippen LogP contribution in [0, 0.1) is 0 Å². The Kier molecular flexibility index (Phi) is 5.70. The number of rotatable bonds is 6. The van der Waals surface area contributed by atoms with Crippen LogP contribution in [0.5, 0.6) is 0 Å². The smallest absolute Gasteiger partial charge is 0.161 e. The van der Waals surface area contributed by atoms with Gasteiger partial charge in [-0.25, -0.2) is 9.97 Å². The van der Waals surface area contributed by atoms with Crippen LogP contribution in [0.1, 0.15) is 24.6 Å². The van der Waals surface area contributed by atoms with E-state index in [4.69, 9.17) is 4.74 Å². The number of anilines is 1. The van der Waals surface area contributed by atoms with Gasteiger partial charge in [0, 0.05) is 19.7 Å². The molecule has 0 unspecified atom stereocenters. The molecule has 2 aromatic rings. The number of aryl methyl sites for hydroxylation is 1. The monoisotopic (exact) mass is 349 g/mol. The van der Waals surface area contributed by atoms with Crippen LogP contribution in [0.15, 0.2) is 28.7 Å². The molecule has 1 aromatic carbocycles. The van der Waals surface area contributed by atoms with Gasteiger partial charge in [0.1, 0.15) is 5.82 Å². The zero-order valence-electron chi connectivity index (χ0n) is 12.6. The van der Waals surface area contributed by atoms with Crippen molar-refractivity contribution in [1.29, 1.82) is 0 Å². The lowest BCUT2D eigenvalue weighted by Crippen LogP contribution is -2.03. The summed E-state index contributed by atoms with van der Waals surface area (Å²) in [7, 11) is 3.57. The van der Waals surface area contributed by atoms with Crippen molar-refractivity contribution in [2.75, 3.05) is 19.5 Å². The molecule has 0 saturated heterocycles. The summed E-state index contributed by atoms with van der Waals surface area (Å²) in [5.41, 5.74) is 3.19. The fourth-order valence-corrected chi connectivity index (χ4v) is 2.68. The summed E-state index contributed by atoms with van der Waals surface area (Å²) in [4.78, 5) is 9.27. The van der Waals surface area contributed by atoms with Crippen molar-refractivity contribution in [3.63, 3.8) is 0 Å². The molecule has 0 radical (unpaired) electrons. The molecule has 112 valence electrons. The highest BCUT2D eigenvalue weighted by Gasteiger charge is 2.12. The number of benzene rings is 1. The van der Waals surface area contributed by atoms with Gasteiger partial charge in [-0.1, -0.05) is 37.6 Å². The number of aromatic nitrogens is 2. The highest BCUT2D eigenvalue weighted by Crippen LogP contribution is 2.28. The number of hydrogen-bond donors (Lipinski definition) is 1. The van der Waals surface area contributed by atoms with E-state index in [2.05, 4.69) is 38.1 Å². The molecule has 5 heteroatoms. The number of nitrogens with one attached hydrogen (secondary N) is 1. The lowest BCUT2D eigenvalue weighted by molar-refractivity contribution is 0.185. The third kappa shape index (κ3) is 3.80. The molecular weight excluding hydrogens is 330 g/mol. The van der Waals surface area contributed by atoms with E-state index in [0.29, 0.717) is 6.61 Å². The van der Waals surface area contributed by atoms with Gasteiger partial charge in [0.2, 0.25) is 0 Å². The van der Waals surface area contributed by atoms with E-state index < -0.39 is 0 Å². The summed E-state index contributed by atoms with van der Waals surface area (Å²) in [6, 6.07) is 8.16. The van der Waals surface area contributed by atoms with Gasteiger partial charge in [0.05, 0.1) is 16.8 Å². The van der Waals surface area contributed by atoms with Crippen molar-refractivity contribution >= 4 is 21.7 Å². The molecule has 4 nitrogen and oxygen atoms in total. The Morgan fingerprint density at radius 1 is 1.19 bits per heavy atom. The van der Waals surface area contributed by atoms with Gasteiger partial charge in [-0.05, 0) is 27.9 Å². The molecule has 0 fully saturated rings. The molecule has 0 atom stereocenters. The Morgan fingerprint density at radius 3 is 2.48 bits per heavy atom. The van der Waals surface area contributed by atoms with Crippen LogP contribution < -0.4 is 5.32 Å². The lowest BCUT2D eigenvalue weighted by atomic mass is 10.1. The van der Waals surface area contributed by atoms with Crippen LogP contribution in [0.3, 0.4) is 0 Å². The highest BCUT2D eigenvalue weighted by atomic mass is 79.9. The Labute approximate surface area is 134 Å². The fourth-order valence-electron chi connectivity index (χ4n) is 2.11. The van der Waals surface area contributed by atoms with Crippen molar-refractivity contribution < 1.29 is 4.74 Å². The molecule has 0 aliphatic rings. The van der Waals surface area contributed by atoms with Crippen LogP contribution in [0.25, 0.3) is 11.4 Å². The Morgan fingerprint density at radius 2 is 1.90 bits per heavy atom. The zero-order valence-corrected chi connectivity index (χ0v) is 14.2. The number of hydrogen-bond acceptors (Lipinski definition) is 4. The van der Waals surface area contributed by atoms with Crippen molar-refractivity contribution in [1.82, 2.24) is 9.97 Å². The summed E-state index contributed by atoms with van der Waals surface area (Å²) >= 11 is 3.58. The number of methoxy groups -OCH3 is 1. The number of ether oxygens (including phenoxy) is 1. The van der Waals surface area contributed by atoms with Crippen LogP contribution in [0.2, 0.25) is 0 Å². The summed E-state index contributed by atoms with van der Waals surface area (Å²) in [5.74, 6) is 1.57. The van der Waals surface area contributed by atoms with Gasteiger partial charge in [0.15, 0.2) is 5.82 Å². The van der Waals surface area contributed by atoms with Crippen LogP contribution in [-0.4, -0.2) is 24.1 Å². The molecule has 0 amide bonds. The maximum atomic E-state index is 5.13. The summed E-state index contributed by atoms with van der Waals surface area (Å²) in [6.07, 6.45) is 1.97. The van der Waals surface area contributed by atoms with Crippen LogP contribution >= 0.6 is 15.9 Å². The highest BCUT2D eigenvalue weighted by molar-refractivity contribution is 9.10. The molecule has 0 aliphatic heterocycles. The molecule has 0 bridgehead atoms. The Hall–Kier alpha value is -1.46. The van der Waals surface area contributed by atoms with E-state index in [0.717, 1.165) is 45.8 Å². The van der Waals surface area contributed by atoms with Gasteiger partial charge in [-0.3, -0.25) is 0 Å². The Bertz CT molecular complexity index is 599. The van der Waals surface area contributed by atoms with Crippen LogP contribution in [-0.2, 0) is 17.8 Å². The largest absolute Gasteiger partial charge is 0.380 e. The molecule has 1 aromatic heterocycles. The molecule has 0 aliphatic carbocycles. The number of nitrogens with zero attached hydrogens (tertiary/aromatic N) is 2. The summed E-state index contributed by atoms with van der Waals surface area (Å²) in [6.45, 7) is 2.76. The minimum absolute atomic E-state index is 0.615. The first-order valence-electron chi connectivity index (χ1n) is 7.02. The van der Waals surface area contributed by atoms with Gasteiger partial charge < -0.3 is 10.1 Å². The van der Waals surface area contributed by atoms with Crippen molar-refractivity contribution in [2.24, 2.45) is 0 Å². The number of halogens is 1. The first-order valence-corrected chi connectivity index (χ1v) is 7.81. The van der Waals surface area contributed by atoms with Crippen LogP contribution in [0.4, 0.5) is 5.82 Å². The Balaban J connectivity index is 2.40. The maximum absolute atomic E-state index is 5.13.